The van der Waals surface area contributed by atoms with E-state index in [9.17, 15) is 9.59 Å². The summed E-state index contributed by atoms with van der Waals surface area (Å²) in [5, 5.41) is 3.02. The molecule has 0 aliphatic heterocycles. The van der Waals surface area contributed by atoms with Gasteiger partial charge in [-0.25, -0.2) is 0 Å². The van der Waals surface area contributed by atoms with Crippen LogP contribution in [-0.4, -0.2) is 19.0 Å². The molecule has 40 heavy (non-hydrogen) atoms. The number of rotatable bonds is 9. The summed E-state index contributed by atoms with van der Waals surface area (Å²) in [6.07, 6.45) is -0.00274. The number of ether oxygens (including phenoxy) is 2. The number of benzene rings is 4. The Hall–Kier alpha value is -3.90. The first-order chi connectivity index (χ1) is 19.1. The second-order valence-corrected chi connectivity index (χ2v) is 11.6. The van der Waals surface area contributed by atoms with Crippen LogP contribution >= 0.6 is 15.9 Å². The van der Waals surface area contributed by atoms with E-state index in [1.165, 1.54) is 12.7 Å². The van der Waals surface area contributed by atoms with Crippen LogP contribution in [0.4, 0.5) is 0 Å². The lowest BCUT2D eigenvalue weighted by atomic mass is 9.87. The molecule has 0 bridgehead atoms. The number of amides is 1. The van der Waals surface area contributed by atoms with Crippen molar-refractivity contribution in [1.82, 2.24) is 5.32 Å². The fraction of sp³-hybridized carbons (Fsp3) is 0.235. The zero-order chi connectivity index (χ0) is 28.7. The number of halogens is 1. The maximum absolute atomic E-state index is 13.6. The van der Waals surface area contributed by atoms with E-state index in [1.54, 1.807) is 12.1 Å². The quantitative estimate of drug-likeness (QED) is 0.198. The Bertz CT molecular complexity index is 1440. The molecular weight excluding hydrogens is 566 g/mol. The van der Waals surface area contributed by atoms with Crippen LogP contribution in [0.1, 0.15) is 60.3 Å². The number of hydrogen-bond donors (Lipinski definition) is 1. The molecule has 1 unspecified atom stereocenters. The average molecular weight is 601 g/mol. The summed E-state index contributed by atoms with van der Waals surface area (Å²) in [7, 11) is 1.34. The van der Waals surface area contributed by atoms with Gasteiger partial charge in [0.2, 0.25) is 0 Å². The maximum Gasteiger partial charge on any atom is 0.307 e. The smallest absolute Gasteiger partial charge is 0.307 e. The molecule has 0 spiro atoms. The van der Waals surface area contributed by atoms with Crippen LogP contribution in [0.5, 0.6) is 5.75 Å². The molecule has 0 radical (unpaired) electrons. The monoisotopic (exact) mass is 599 g/mol. The molecule has 5 nitrogen and oxygen atoms in total. The van der Waals surface area contributed by atoms with Gasteiger partial charge in [0, 0.05) is 4.47 Å². The molecule has 0 aliphatic carbocycles. The van der Waals surface area contributed by atoms with Gasteiger partial charge in [-0.3, -0.25) is 9.59 Å². The van der Waals surface area contributed by atoms with Crippen LogP contribution < -0.4 is 10.1 Å². The lowest BCUT2D eigenvalue weighted by Crippen LogP contribution is -2.31. The minimum Gasteiger partial charge on any atom is -0.488 e. The fourth-order valence-electron chi connectivity index (χ4n) is 4.34. The van der Waals surface area contributed by atoms with Gasteiger partial charge < -0.3 is 14.8 Å². The van der Waals surface area contributed by atoms with Crippen molar-refractivity contribution in [2.24, 2.45) is 0 Å². The molecule has 0 heterocycles. The molecular formula is C34H34BrNO4. The van der Waals surface area contributed by atoms with Crippen LogP contribution in [0.2, 0.25) is 0 Å². The molecule has 6 heteroatoms. The van der Waals surface area contributed by atoms with Gasteiger partial charge in [-0.15, -0.1) is 0 Å². The number of hydrogen-bond acceptors (Lipinski definition) is 4. The predicted molar refractivity (Wildman–Crippen MR) is 162 cm³/mol. The number of methoxy groups -OCH3 is 1. The molecule has 4 rings (SSSR count). The van der Waals surface area contributed by atoms with Gasteiger partial charge in [-0.05, 0) is 51.4 Å². The van der Waals surface area contributed by atoms with Crippen LogP contribution in [0.25, 0.3) is 11.1 Å². The van der Waals surface area contributed by atoms with Gasteiger partial charge in [-0.1, -0.05) is 116 Å². The number of esters is 1. The van der Waals surface area contributed by atoms with Gasteiger partial charge >= 0.3 is 5.97 Å². The summed E-state index contributed by atoms with van der Waals surface area (Å²) >= 11 is 3.47. The van der Waals surface area contributed by atoms with Gasteiger partial charge in [0.15, 0.2) is 0 Å². The summed E-state index contributed by atoms with van der Waals surface area (Å²) in [6.45, 7) is 6.85. The summed E-state index contributed by atoms with van der Waals surface area (Å²) < 4.78 is 11.8. The molecule has 1 atom stereocenters. The highest BCUT2D eigenvalue weighted by Gasteiger charge is 2.22. The molecule has 4 aromatic rings. The van der Waals surface area contributed by atoms with E-state index in [2.05, 4.69) is 54.2 Å². The predicted octanol–water partition coefficient (Wildman–Crippen LogP) is 8.03. The van der Waals surface area contributed by atoms with E-state index < -0.39 is 12.0 Å². The van der Waals surface area contributed by atoms with E-state index in [-0.39, 0.29) is 17.7 Å². The number of carbonyl (C=O) groups is 2. The summed E-state index contributed by atoms with van der Waals surface area (Å²) in [5.74, 6) is -0.306. The van der Waals surface area contributed by atoms with E-state index >= 15 is 0 Å². The van der Waals surface area contributed by atoms with Gasteiger partial charge in [0.05, 0.1) is 25.1 Å². The second-order valence-electron chi connectivity index (χ2n) is 10.7. The van der Waals surface area contributed by atoms with Gasteiger partial charge in [0.25, 0.3) is 5.91 Å². The van der Waals surface area contributed by atoms with Crippen LogP contribution in [-0.2, 0) is 21.6 Å². The van der Waals surface area contributed by atoms with Crippen LogP contribution in [0, 0.1) is 0 Å². The summed E-state index contributed by atoms with van der Waals surface area (Å²) in [5.41, 5.74) is 5.63. The lowest BCUT2D eigenvalue weighted by molar-refractivity contribution is -0.141. The highest BCUT2D eigenvalue weighted by Crippen LogP contribution is 2.28. The van der Waals surface area contributed by atoms with Crippen molar-refractivity contribution in [3.8, 4) is 16.9 Å². The lowest BCUT2D eigenvalue weighted by Gasteiger charge is -2.20. The Labute approximate surface area is 244 Å². The first-order valence-electron chi connectivity index (χ1n) is 13.2. The van der Waals surface area contributed by atoms with Gasteiger partial charge in [-0.2, -0.15) is 0 Å². The third kappa shape index (κ3) is 7.60. The van der Waals surface area contributed by atoms with E-state index in [4.69, 9.17) is 9.47 Å². The molecule has 4 aromatic carbocycles. The standard InChI is InChI=1S/C34H34BrNO4/c1-34(2,3)27-16-10-23(11-17-27)22-40-31-19-18-28(35)20-29(31)33(38)36-30(21-32(37)39-4)26-14-12-25(13-15-26)24-8-6-5-7-9-24/h5-20,30H,21-22H2,1-4H3,(H,36,38). The van der Waals surface area contributed by atoms with Crippen LogP contribution in [0.3, 0.4) is 0 Å². The topological polar surface area (TPSA) is 64.6 Å². The largest absolute Gasteiger partial charge is 0.488 e. The highest BCUT2D eigenvalue weighted by molar-refractivity contribution is 9.10. The molecule has 0 saturated carbocycles. The average Bonchev–Trinajstić information content (AvgIpc) is 2.96. The Balaban J connectivity index is 1.53. The van der Waals surface area contributed by atoms with Crippen molar-refractivity contribution in [3.05, 3.63) is 124 Å². The minimum absolute atomic E-state index is 0.00274. The number of nitrogens with one attached hydrogen (secondary N) is 1. The van der Waals surface area contributed by atoms with Crippen LogP contribution in [0.15, 0.2) is 102 Å². The fourth-order valence-corrected chi connectivity index (χ4v) is 4.71. The summed E-state index contributed by atoms with van der Waals surface area (Å²) in [4.78, 5) is 25.8. The molecule has 206 valence electrons. The van der Waals surface area contributed by atoms with E-state index in [0.29, 0.717) is 17.9 Å². The Morgan fingerprint density at radius 2 is 1.50 bits per heavy atom. The van der Waals surface area contributed by atoms with Crippen molar-refractivity contribution in [2.45, 2.75) is 45.3 Å². The van der Waals surface area contributed by atoms with Crippen molar-refractivity contribution in [2.75, 3.05) is 7.11 Å². The normalized spacial score (nSPS) is 11.9. The number of carbonyl (C=O) groups excluding carboxylic acids is 2. The molecule has 1 N–H and O–H groups in total. The van der Waals surface area contributed by atoms with Crippen molar-refractivity contribution < 1.29 is 19.1 Å². The SMILES string of the molecule is COC(=O)CC(NC(=O)c1cc(Br)ccc1OCc1ccc(C(C)(C)C)cc1)c1ccc(-c2ccccc2)cc1. The van der Waals surface area contributed by atoms with Crippen molar-refractivity contribution in [3.63, 3.8) is 0 Å². The first-order valence-corrected chi connectivity index (χ1v) is 14.0. The molecule has 0 aromatic heterocycles. The maximum atomic E-state index is 13.6. The van der Waals surface area contributed by atoms with Crippen molar-refractivity contribution in [1.29, 1.82) is 0 Å². The summed E-state index contributed by atoms with van der Waals surface area (Å²) in [6, 6.07) is 30.9. The van der Waals surface area contributed by atoms with E-state index in [1.807, 2.05) is 72.8 Å². The Morgan fingerprint density at radius 1 is 0.850 bits per heavy atom. The zero-order valence-electron chi connectivity index (χ0n) is 23.2. The molecule has 0 saturated heterocycles. The van der Waals surface area contributed by atoms with E-state index in [0.717, 1.165) is 26.7 Å². The zero-order valence-corrected chi connectivity index (χ0v) is 24.8. The van der Waals surface area contributed by atoms with Crippen molar-refractivity contribution >= 4 is 27.8 Å². The third-order valence-corrected chi connectivity index (χ3v) is 7.22. The molecule has 0 fully saturated rings. The Morgan fingerprint density at radius 3 is 2.12 bits per heavy atom. The molecule has 0 aliphatic rings. The first kappa shape index (κ1) is 29.1. The third-order valence-electron chi connectivity index (χ3n) is 6.72. The highest BCUT2D eigenvalue weighted by atomic mass is 79.9. The van der Waals surface area contributed by atoms with Gasteiger partial charge in [0.1, 0.15) is 12.4 Å². The Kier molecular flexibility index (Phi) is 9.43. The second kappa shape index (κ2) is 13.0. The minimum atomic E-state index is -0.582. The molecule has 1 amide bonds.